The van der Waals surface area contributed by atoms with Crippen LogP contribution in [0, 0.1) is 12.8 Å². The molecule has 0 spiro atoms. The predicted octanol–water partition coefficient (Wildman–Crippen LogP) is 3.31. The molecular weight excluding hydrogens is 588 g/mol. The maximum atomic E-state index is 12.6. The molecule has 1 aromatic carbocycles. The summed E-state index contributed by atoms with van der Waals surface area (Å²) >= 11 is 0. The molecule has 0 saturated heterocycles. The number of carbonyl (C=O) groups is 2. The van der Waals surface area contributed by atoms with Gasteiger partial charge in [0, 0.05) is 68.8 Å². The molecule has 0 radical (unpaired) electrons. The fourth-order valence-electron chi connectivity index (χ4n) is 5.02. The predicted molar refractivity (Wildman–Crippen MR) is 173 cm³/mol. The third-order valence-corrected chi connectivity index (χ3v) is 7.66. The summed E-state index contributed by atoms with van der Waals surface area (Å²) < 4.78 is 7.32. The topological polar surface area (TPSA) is 160 Å². The van der Waals surface area contributed by atoms with Crippen molar-refractivity contribution in [3.8, 4) is 16.9 Å². The number of para-hydroxylation sites is 1. The lowest BCUT2D eigenvalue weighted by atomic mass is 9.99. The molecule has 4 aromatic rings. The summed E-state index contributed by atoms with van der Waals surface area (Å²) in [6.07, 6.45) is 4.98. The van der Waals surface area contributed by atoms with Gasteiger partial charge in [-0.15, -0.1) is 10.2 Å². The molecule has 13 heteroatoms. The van der Waals surface area contributed by atoms with E-state index in [-0.39, 0.29) is 41.1 Å². The lowest BCUT2D eigenvalue weighted by Crippen LogP contribution is -2.26. The van der Waals surface area contributed by atoms with Gasteiger partial charge in [0.15, 0.2) is 17.5 Å². The van der Waals surface area contributed by atoms with Gasteiger partial charge >= 0.3 is 0 Å². The van der Waals surface area contributed by atoms with E-state index in [2.05, 4.69) is 31.1 Å². The van der Waals surface area contributed by atoms with Crippen molar-refractivity contribution >= 4 is 40.6 Å². The monoisotopic (exact) mass is 622 g/mol. The van der Waals surface area contributed by atoms with Gasteiger partial charge in [0.1, 0.15) is 11.4 Å². The molecule has 46 heavy (non-hydrogen) atoms. The molecule has 1 fully saturated rings. The number of anilines is 3. The molecule has 3 N–H and O–H groups in total. The van der Waals surface area contributed by atoms with Crippen molar-refractivity contribution in [2.45, 2.75) is 26.3 Å². The number of pyridine rings is 2. The minimum Gasteiger partial charge on any atom is -0.494 e. The number of hydrogen-bond donors (Lipinski definition) is 3. The summed E-state index contributed by atoms with van der Waals surface area (Å²) in [7, 11) is 6.40. The molecule has 2 amide bonds. The Morgan fingerprint density at radius 1 is 1.11 bits per heavy atom. The van der Waals surface area contributed by atoms with Crippen LogP contribution in [0.2, 0.25) is 0 Å². The number of ether oxygens (including phenoxy) is 1. The van der Waals surface area contributed by atoms with Crippen LogP contribution < -0.4 is 26.2 Å². The number of nitrogens with zero attached hydrogens (tertiary/aromatic N) is 5. The minimum absolute atomic E-state index is 0.0340. The van der Waals surface area contributed by atoms with Gasteiger partial charge in [-0.25, -0.2) is 4.79 Å². The third kappa shape index (κ3) is 6.64. The summed E-state index contributed by atoms with van der Waals surface area (Å²) in [5.41, 5.74) is 4.12. The average molecular weight is 623 g/mol. The standard InChI is InChI=1S/C33H34N8O5/c1-19-14-25(27(18-42)41(4)17-21-8-7-13-40(3)33(21)45)35-16-23(19)22-9-6-10-24(30(22)46-5)36-26-15-28(37-31(43)20-11-12-20)38-39-29(26)32(44)34-2/h6-10,13-16,20H,11-12,17H2,1-5H3,(H,34,44)(H2,36,37,38,43). The van der Waals surface area contributed by atoms with Crippen LogP contribution in [0.25, 0.3) is 16.8 Å². The number of aromatic nitrogens is 4. The van der Waals surface area contributed by atoms with Crippen LogP contribution in [0.3, 0.4) is 0 Å². The molecule has 1 saturated carbocycles. The molecule has 0 atom stereocenters. The first-order valence-electron chi connectivity index (χ1n) is 14.6. The van der Waals surface area contributed by atoms with Crippen LogP contribution >= 0.6 is 0 Å². The second-order valence-corrected chi connectivity index (χ2v) is 11.0. The van der Waals surface area contributed by atoms with E-state index in [1.807, 2.05) is 25.0 Å². The van der Waals surface area contributed by atoms with Gasteiger partial charge in [0.05, 0.1) is 24.2 Å². The SMILES string of the molecule is CNC(=O)c1nnc(NC(=O)C2CC2)cc1Nc1cccc(-c2cnc(C(=C=O)N(C)Cc3cccn(C)c3=O)cc2C)c1OC. The first-order chi connectivity index (χ1) is 22.1. The van der Waals surface area contributed by atoms with Crippen LogP contribution in [0.1, 0.15) is 40.2 Å². The number of benzene rings is 1. The quantitative estimate of drug-likeness (QED) is 0.212. The molecule has 0 bridgehead atoms. The van der Waals surface area contributed by atoms with E-state index in [1.54, 1.807) is 61.7 Å². The number of carbonyl (C=O) groups excluding carboxylic acids is 3. The van der Waals surface area contributed by atoms with Crippen LogP contribution in [-0.2, 0) is 23.2 Å². The zero-order valence-electron chi connectivity index (χ0n) is 26.2. The Hall–Kier alpha value is -5.81. The summed E-state index contributed by atoms with van der Waals surface area (Å²) in [5.74, 6) is 2.03. The van der Waals surface area contributed by atoms with E-state index in [0.29, 0.717) is 33.9 Å². The lowest BCUT2D eigenvalue weighted by Gasteiger charge is -2.21. The maximum absolute atomic E-state index is 12.6. The Labute approximate surface area is 265 Å². The molecule has 236 valence electrons. The van der Waals surface area contributed by atoms with Gasteiger partial charge in [-0.1, -0.05) is 18.2 Å². The van der Waals surface area contributed by atoms with Gasteiger partial charge in [-0.2, -0.15) is 0 Å². The summed E-state index contributed by atoms with van der Waals surface area (Å²) in [6, 6.07) is 12.3. The van der Waals surface area contributed by atoms with E-state index >= 15 is 0 Å². The molecule has 13 nitrogen and oxygen atoms in total. The summed E-state index contributed by atoms with van der Waals surface area (Å²) in [4.78, 5) is 55.8. The molecule has 0 aliphatic heterocycles. The second kappa shape index (κ2) is 13.4. The number of nitrogens with one attached hydrogen (secondary N) is 3. The van der Waals surface area contributed by atoms with E-state index in [9.17, 15) is 19.2 Å². The van der Waals surface area contributed by atoms with E-state index in [4.69, 9.17) is 4.74 Å². The van der Waals surface area contributed by atoms with Gasteiger partial charge < -0.3 is 30.2 Å². The second-order valence-electron chi connectivity index (χ2n) is 11.0. The van der Waals surface area contributed by atoms with Crippen molar-refractivity contribution < 1.29 is 19.1 Å². The third-order valence-electron chi connectivity index (χ3n) is 7.66. The molecule has 3 aromatic heterocycles. The number of aryl methyl sites for hydroxylation is 2. The van der Waals surface area contributed by atoms with E-state index < -0.39 is 5.91 Å². The van der Waals surface area contributed by atoms with Crippen molar-refractivity contribution in [3.63, 3.8) is 0 Å². The molecule has 0 unspecified atom stereocenters. The summed E-state index contributed by atoms with van der Waals surface area (Å²) in [6.45, 7) is 2.09. The Balaban J connectivity index is 1.45. The van der Waals surface area contributed by atoms with Gasteiger partial charge in [-0.3, -0.25) is 19.4 Å². The molecule has 1 aliphatic carbocycles. The number of hydrogen-bond acceptors (Lipinski definition) is 10. The first-order valence-corrected chi connectivity index (χ1v) is 14.6. The minimum atomic E-state index is -0.461. The summed E-state index contributed by atoms with van der Waals surface area (Å²) in [5, 5.41) is 16.6. The Bertz CT molecular complexity index is 1930. The van der Waals surface area contributed by atoms with Crippen molar-refractivity contribution in [1.82, 2.24) is 30.0 Å². The highest BCUT2D eigenvalue weighted by molar-refractivity contribution is 6.00. The highest BCUT2D eigenvalue weighted by Crippen LogP contribution is 2.40. The van der Waals surface area contributed by atoms with E-state index in [1.165, 1.54) is 18.7 Å². The maximum Gasteiger partial charge on any atom is 0.273 e. The van der Waals surface area contributed by atoms with Gasteiger partial charge in [0.2, 0.25) is 5.91 Å². The highest BCUT2D eigenvalue weighted by Gasteiger charge is 2.30. The van der Waals surface area contributed by atoms with Crippen LogP contribution in [-0.4, -0.2) is 63.6 Å². The van der Waals surface area contributed by atoms with Crippen LogP contribution in [0.4, 0.5) is 17.2 Å². The molecule has 3 heterocycles. The molecule has 5 rings (SSSR count). The fraction of sp³-hybridized carbons (Fsp3) is 0.273. The number of methoxy groups -OCH3 is 1. The Kier molecular flexibility index (Phi) is 9.24. The first kappa shape index (κ1) is 31.6. The van der Waals surface area contributed by atoms with Crippen molar-refractivity contribution in [2.75, 3.05) is 31.8 Å². The zero-order valence-corrected chi connectivity index (χ0v) is 26.2. The highest BCUT2D eigenvalue weighted by atomic mass is 16.5. The normalized spacial score (nSPS) is 12.1. The number of amides is 2. The lowest BCUT2D eigenvalue weighted by molar-refractivity contribution is -0.117. The van der Waals surface area contributed by atoms with Gasteiger partial charge in [-0.05, 0) is 43.5 Å². The Morgan fingerprint density at radius 3 is 2.57 bits per heavy atom. The van der Waals surface area contributed by atoms with Gasteiger partial charge in [0.25, 0.3) is 11.5 Å². The van der Waals surface area contributed by atoms with Crippen molar-refractivity contribution in [2.24, 2.45) is 13.0 Å². The van der Waals surface area contributed by atoms with Crippen molar-refractivity contribution in [1.29, 1.82) is 0 Å². The number of rotatable bonds is 11. The largest absolute Gasteiger partial charge is 0.494 e. The molecular formula is C33H34N8O5. The van der Waals surface area contributed by atoms with Crippen LogP contribution in [0.5, 0.6) is 5.75 Å². The Morgan fingerprint density at radius 2 is 1.89 bits per heavy atom. The molecule has 1 aliphatic rings. The smallest absolute Gasteiger partial charge is 0.273 e. The fourth-order valence-corrected chi connectivity index (χ4v) is 5.02. The average Bonchev–Trinajstić information content (AvgIpc) is 3.90. The van der Waals surface area contributed by atoms with Crippen molar-refractivity contribution in [3.05, 3.63) is 87.7 Å². The van der Waals surface area contributed by atoms with Crippen LogP contribution in [0.15, 0.2) is 59.7 Å². The van der Waals surface area contributed by atoms with E-state index in [0.717, 1.165) is 24.0 Å². The zero-order chi connectivity index (χ0) is 33.0.